The lowest BCUT2D eigenvalue weighted by molar-refractivity contribution is -0.120. The average Bonchev–Trinajstić information content (AvgIpc) is 2.77. The van der Waals surface area contributed by atoms with Gasteiger partial charge in [0.2, 0.25) is 0 Å². The third-order valence-corrected chi connectivity index (χ3v) is 6.12. The Morgan fingerprint density at radius 2 is 1.69 bits per heavy atom. The molecule has 2 atom stereocenters. The van der Waals surface area contributed by atoms with Gasteiger partial charge in [0, 0.05) is 24.6 Å². The smallest absolute Gasteiger partial charge is 0.162 e. The molecule has 0 aliphatic carbocycles. The zero-order valence-corrected chi connectivity index (χ0v) is 17.4. The molecule has 5 heteroatoms. The number of ether oxygens (including phenoxy) is 3. The van der Waals surface area contributed by atoms with E-state index < -0.39 is 0 Å². The number of Topliss-reactive ketones (excluding diaryl/α,β-unsaturated/α-hetero) is 1. The van der Waals surface area contributed by atoms with Gasteiger partial charge >= 0.3 is 0 Å². The van der Waals surface area contributed by atoms with E-state index in [1.165, 1.54) is 5.56 Å². The molecule has 1 fully saturated rings. The van der Waals surface area contributed by atoms with Crippen molar-refractivity contribution in [2.75, 3.05) is 27.9 Å². The van der Waals surface area contributed by atoms with Crippen LogP contribution in [0, 0.1) is 0 Å². The fourth-order valence-corrected chi connectivity index (χ4v) is 4.66. The van der Waals surface area contributed by atoms with Gasteiger partial charge < -0.3 is 14.2 Å². The summed E-state index contributed by atoms with van der Waals surface area (Å²) in [5, 5.41) is 0. The monoisotopic (exact) mass is 393 g/mol. The molecule has 2 aromatic carbocycles. The maximum Gasteiger partial charge on any atom is 0.162 e. The van der Waals surface area contributed by atoms with Gasteiger partial charge in [0.05, 0.1) is 27.4 Å². The van der Waals surface area contributed by atoms with Crippen molar-refractivity contribution in [1.29, 1.82) is 0 Å². The van der Waals surface area contributed by atoms with E-state index in [1.54, 1.807) is 21.3 Å². The molecule has 2 aromatic rings. The zero-order chi connectivity index (χ0) is 20.5. The first-order chi connectivity index (χ1) is 14.1. The Labute approximate surface area is 171 Å². The van der Waals surface area contributed by atoms with Crippen LogP contribution in [0.5, 0.6) is 17.2 Å². The molecule has 5 nitrogen and oxygen atoms in total. The summed E-state index contributed by atoms with van der Waals surface area (Å²) in [7, 11) is 4.96. The summed E-state index contributed by atoms with van der Waals surface area (Å²) >= 11 is 0. The van der Waals surface area contributed by atoms with Crippen molar-refractivity contribution in [3.8, 4) is 17.2 Å². The number of allylic oxidation sites excluding steroid dienone is 1. The Bertz CT molecular complexity index is 948. The molecule has 0 N–H and O–H groups in total. The minimum atomic E-state index is -0.0723. The van der Waals surface area contributed by atoms with Crippen LogP contribution in [0.4, 0.5) is 0 Å². The highest BCUT2D eigenvalue weighted by Gasteiger charge is 2.42. The molecular weight excluding hydrogens is 366 g/mol. The molecule has 2 aliphatic heterocycles. The Morgan fingerprint density at radius 3 is 2.31 bits per heavy atom. The van der Waals surface area contributed by atoms with Crippen molar-refractivity contribution in [2.24, 2.45) is 0 Å². The lowest BCUT2D eigenvalue weighted by atomic mass is 9.78. The molecule has 0 saturated carbocycles. The number of benzene rings is 2. The van der Waals surface area contributed by atoms with Gasteiger partial charge in [-0.25, -0.2) is 0 Å². The predicted molar refractivity (Wildman–Crippen MR) is 112 cm³/mol. The van der Waals surface area contributed by atoms with Crippen molar-refractivity contribution in [3.63, 3.8) is 0 Å². The summed E-state index contributed by atoms with van der Waals surface area (Å²) < 4.78 is 16.3. The van der Waals surface area contributed by atoms with Gasteiger partial charge in [-0.05, 0) is 54.3 Å². The van der Waals surface area contributed by atoms with E-state index in [-0.39, 0.29) is 17.9 Å². The number of rotatable bonds is 4. The van der Waals surface area contributed by atoms with Crippen LogP contribution in [0.15, 0.2) is 48.0 Å². The third kappa shape index (κ3) is 3.29. The standard InChI is InChI=1S/C24H27NO4/c1-5-18-21(26)14-20(15-6-8-17(27-2)9-7-15)25-11-10-16-12-22(28-3)23(29-4)13-19(16)24(18)25/h5-9,12-13,20,24H,10-11,14H2,1-4H3/b18-5+. The van der Waals surface area contributed by atoms with E-state index >= 15 is 0 Å². The van der Waals surface area contributed by atoms with Crippen molar-refractivity contribution < 1.29 is 19.0 Å². The summed E-state index contributed by atoms with van der Waals surface area (Å²) in [5.41, 5.74) is 4.35. The van der Waals surface area contributed by atoms with Crippen LogP contribution < -0.4 is 14.2 Å². The molecule has 0 amide bonds. The Morgan fingerprint density at radius 1 is 1.00 bits per heavy atom. The summed E-state index contributed by atoms with van der Waals surface area (Å²) in [4.78, 5) is 15.6. The number of nitrogens with zero attached hydrogens (tertiary/aromatic N) is 1. The Hall–Kier alpha value is -2.79. The zero-order valence-electron chi connectivity index (χ0n) is 17.4. The minimum absolute atomic E-state index is 0.0448. The minimum Gasteiger partial charge on any atom is -0.497 e. The van der Waals surface area contributed by atoms with Crippen molar-refractivity contribution in [1.82, 2.24) is 4.90 Å². The van der Waals surface area contributed by atoms with E-state index in [2.05, 4.69) is 23.1 Å². The van der Waals surface area contributed by atoms with Crippen LogP contribution in [0.1, 0.15) is 42.1 Å². The van der Waals surface area contributed by atoms with Crippen LogP contribution >= 0.6 is 0 Å². The molecule has 4 rings (SSSR count). The quantitative estimate of drug-likeness (QED) is 0.726. The molecule has 2 aliphatic rings. The molecule has 0 bridgehead atoms. The number of carbonyl (C=O) groups is 1. The predicted octanol–water partition coefficient (Wildman–Crippen LogP) is 4.27. The van der Waals surface area contributed by atoms with Gasteiger partial charge in [-0.1, -0.05) is 18.2 Å². The van der Waals surface area contributed by atoms with E-state index in [9.17, 15) is 4.79 Å². The third-order valence-electron chi connectivity index (χ3n) is 6.12. The number of fused-ring (bicyclic) bond motifs is 3. The van der Waals surface area contributed by atoms with Crippen LogP contribution in [0.2, 0.25) is 0 Å². The van der Waals surface area contributed by atoms with Crippen molar-refractivity contribution in [2.45, 2.75) is 31.8 Å². The van der Waals surface area contributed by atoms with Crippen LogP contribution in [-0.4, -0.2) is 38.6 Å². The maximum atomic E-state index is 13.1. The second kappa shape index (κ2) is 7.91. The van der Waals surface area contributed by atoms with Crippen LogP contribution in [-0.2, 0) is 11.2 Å². The van der Waals surface area contributed by atoms with Crippen molar-refractivity contribution >= 4 is 5.78 Å². The van der Waals surface area contributed by atoms with E-state index in [4.69, 9.17) is 14.2 Å². The summed E-state index contributed by atoms with van der Waals surface area (Å²) in [6, 6.07) is 12.1. The SMILES string of the molecule is C/C=C1\C(=O)CC(c2ccc(OC)cc2)N2CCc3cc(OC)c(OC)cc3C12. The highest BCUT2D eigenvalue weighted by molar-refractivity contribution is 5.98. The van der Waals surface area contributed by atoms with Crippen LogP contribution in [0.3, 0.4) is 0 Å². The van der Waals surface area contributed by atoms with E-state index in [0.717, 1.165) is 41.2 Å². The van der Waals surface area contributed by atoms with Gasteiger partial charge in [0.25, 0.3) is 0 Å². The second-order valence-electron chi connectivity index (χ2n) is 7.46. The first-order valence-corrected chi connectivity index (χ1v) is 9.95. The average molecular weight is 393 g/mol. The van der Waals surface area contributed by atoms with Gasteiger partial charge in [0.15, 0.2) is 17.3 Å². The second-order valence-corrected chi connectivity index (χ2v) is 7.46. The van der Waals surface area contributed by atoms with Crippen molar-refractivity contribution in [3.05, 3.63) is 64.7 Å². The highest BCUT2D eigenvalue weighted by Crippen LogP contribution is 2.48. The normalized spacial score (nSPS) is 22.8. The van der Waals surface area contributed by atoms with E-state index in [0.29, 0.717) is 12.2 Å². The molecule has 29 heavy (non-hydrogen) atoms. The van der Waals surface area contributed by atoms with Gasteiger partial charge in [0.1, 0.15) is 5.75 Å². The van der Waals surface area contributed by atoms with Gasteiger partial charge in [-0.15, -0.1) is 0 Å². The summed E-state index contributed by atoms with van der Waals surface area (Å²) in [6.07, 6.45) is 3.37. The Kier molecular flexibility index (Phi) is 5.33. The first-order valence-electron chi connectivity index (χ1n) is 9.95. The lowest BCUT2D eigenvalue weighted by Crippen LogP contribution is -2.45. The molecule has 0 spiro atoms. The molecule has 0 radical (unpaired) electrons. The fourth-order valence-electron chi connectivity index (χ4n) is 4.66. The fraction of sp³-hybridized carbons (Fsp3) is 0.375. The number of methoxy groups -OCH3 is 3. The summed E-state index contributed by atoms with van der Waals surface area (Å²) in [6.45, 7) is 2.84. The number of carbonyl (C=O) groups excluding carboxylic acids is 1. The number of hydrogen-bond acceptors (Lipinski definition) is 5. The van der Waals surface area contributed by atoms with E-state index in [1.807, 2.05) is 31.2 Å². The number of ketones is 1. The molecule has 152 valence electrons. The molecule has 2 heterocycles. The molecule has 0 aromatic heterocycles. The highest BCUT2D eigenvalue weighted by atomic mass is 16.5. The topological polar surface area (TPSA) is 48.0 Å². The maximum absolute atomic E-state index is 13.1. The number of hydrogen-bond donors (Lipinski definition) is 0. The lowest BCUT2D eigenvalue weighted by Gasteiger charge is -2.46. The molecular formula is C24H27NO4. The first kappa shape index (κ1) is 19.5. The van der Waals surface area contributed by atoms with Crippen LogP contribution in [0.25, 0.3) is 0 Å². The molecule has 2 unspecified atom stereocenters. The van der Waals surface area contributed by atoms with Gasteiger partial charge in [-0.2, -0.15) is 0 Å². The summed E-state index contributed by atoms with van der Waals surface area (Å²) in [5.74, 6) is 2.46. The largest absolute Gasteiger partial charge is 0.497 e. The number of piperidine rings is 1. The Balaban J connectivity index is 1.80. The molecule has 1 saturated heterocycles. The van der Waals surface area contributed by atoms with Gasteiger partial charge in [-0.3, -0.25) is 9.69 Å².